The Bertz CT molecular complexity index is 628. The van der Waals surface area contributed by atoms with Crippen LogP contribution in [0.15, 0.2) is 35.2 Å². The van der Waals surface area contributed by atoms with Crippen molar-refractivity contribution in [2.75, 3.05) is 12.4 Å². The lowest BCUT2D eigenvalue weighted by Crippen LogP contribution is -2.34. The normalized spacial score (nSPS) is 10.2. The van der Waals surface area contributed by atoms with Gasteiger partial charge in [0.05, 0.1) is 17.7 Å². The van der Waals surface area contributed by atoms with E-state index in [9.17, 15) is 4.79 Å². The van der Waals surface area contributed by atoms with Crippen LogP contribution < -0.4 is 21.3 Å². The number of nitrogens with one attached hydrogen (secondary N) is 2. The topological polar surface area (TPSA) is 76.4 Å². The zero-order chi connectivity index (χ0) is 15.2. The number of anilines is 1. The molecule has 4 N–H and O–H groups in total. The fraction of sp³-hybridized carbons (Fsp3) is 0.214. The number of aryl methyl sites for hydroxylation is 1. The van der Waals surface area contributed by atoms with Crippen LogP contribution in [0.2, 0.25) is 0 Å². The summed E-state index contributed by atoms with van der Waals surface area (Å²) >= 11 is 3.38. The summed E-state index contributed by atoms with van der Waals surface area (Å²) in [4.78, 5) is 14.9. The van der Waals surface area contributed by atoms with E-state index in [1.807, 2.05) is 18.2 Å². The largest absolute Gasteiger partial charge is 0.496 e. The lowest BCUT2D eigenvalue weighted by molar-refractivity contribution is 0.252. The van der Waals surface area contributed by atoms with Gasteiger partial charge in [0.15, 0.2) is 0 Å². The van der Waals surface area contributed by atoms with Crippen molar-refractivity contribution in [1.82, 2.24) is 5.43 Å². The molecule has 21 heavy (non-hydrogen) atoms. The molecule has 1 aromatic heterocycles. The third kappa shape index (κ3) is 4.13. The van der Waals surface area contributed by atoms with Gasteiger partial charge in [-0.2, -0.15) is 0 Å². The first kappa shape index (κ1) is 15.7. The monoisotopic (exact) mass is 323 g/mol. The van der Waals surface area contributed by atoms with E-state index < -0.39 is 6.03 Å². The molecule has 0 saturated heterocycles. The summed E-state index contributed by atoms with van der Waals surface area (Å²) in [5.41, 5.74) is 2.73. The molecule has 112 valence electrons. The standard InChI is InChI=1S/C14H17N3O2S2/c1-9-6-7-10(21-9)8-20-13-11(16-14(18)17-15)4-3-5-12(13)19-2/h3-7H,8,15H2,1-2H3,(H2,16,17,18). The molecule has 7 heteroatoms. The van der Waals surface area contributed by atoms with Crippen molar-refractivity contribution in [3.05, 3.63) is 40.1 Å². The van der Waals surface area contributed by atoms with Crippen LogP contribution in [-0.2, 0) is 5.75 Å². The number of nitrogens with two attached hydrogens (primary N) is 1. The number of thiophene rings is 1. The lowest BCUT2D eigenvalue weighted by atomic mass is 10.3. The van der Waals surface area contributed by atoms with Gasteiger partial charge >= 0.3 is 6.03 Å². The highest BCUT2D eigenvalue weighted by Crippen LogP contribution is 2.38. The summed E-state index contributed by atoms with van der Waals surface area (Å²) in [5, 5.41) is 2.70. The van der Waals surface area contributed by atoms with E-state index in [0.717, 1.165) is 16.4 Å². The van der Waals surface area contributed by atoms with Crippen molar-refractivity contribution in [3.63, 3.8) is 0 Å². The van der Waals surface area contributed by atoms with E-state index >= 15 is 0 Å². The Balaban J connectivity index is 2.20. The summed E-state index contributed by atoms with van der Waals surface area (Å²) in [6.45, 7) is 2.08. The molecule has 1 heterocycles. The van der Waals surface area contributed by atoms with E-state index in [-0.39, 0.29) is 0 Å². The van der Waals surface area contributed by atoms with E-state index in [4.69, 9.17) is 10.6 Å². The smallest absolute Gasteiger partial charge is 0.333 e. The molecule has 2 amide bonds. The van der Waals surface area contributed by atoms with Crippen molar-refractivity contribution >= 4 is 34.8 Å². The molecule has 0 aliphatic carbocycles. The lowest BCUT2D eigenvalue weighted by Gasteiger charge is -2.13. The molecule has 0 unspecified atom stereocenters. The number of hydrogen-bond donors (Lipinski definition) is 3. The second kappa shape index (κ2) is 7.35. The molecule has 0 spiro atoms. The molecule has 0 aliphatic heterocycles. The minimum absolute atomic E-state index is 0.461. The Hall–Kier alpha value is -1.70. The minimum Gasteiger partial charge on any atom is -0.496 e. The van der Waals surface area contributed by atoms with Gasteiger partial charge in [0.1, 0.15) is 5.75 Å². The number of benzene rings is 1. The first-order valence-electron chi connectivity index (χ1n) is 6.26. The Morgan fingerprint density at radius 2 is 2.19 bits per heavy atom. The van der Waals surface area contributed by atoms with E-state index in [1.165, 1.54) is 9.75 Å². The summed E-state index contributed by atoms with van der Waals surface area (Å²) < 4.78 is 5.37. The Kier molecular flexibility index (Phi) is 5.49. The number of amides is 2. The number of hydrazine groups is 1. The van der Waals surface area contributed by atoms with Crippen LogP contribution in [-0.4, -0.2) is 13.1 Å². The zero-order valence-electron chi connectivity index (χ0n) is 11.8. The van der Waals surface area contributed by atoms with Gasteiger partial charge in [0, 0.05) is 15.5 Å². The van der Waals surface area contributed by atoms with Gasteiger partial charge in [-0.05, 0) is 31.2 Å². The average molecular weight is 323 g/mol. The SMILES string of the molecule is COc1cccc(NC(=O)NN)c1SCc1ccc(C)s1. The number of urea groups is 1. The van der Waals surface area contributed by atoms with Gasteiger partial charge in [-0.3, -0.25) is 5.43 Å². The highest BCUT2D eigenvalue weighted by molar-refractivity contribution is 7.99. The van der Waals surface area contributed by atoms with E-state index in [2.05, 4.69) is 29.8 Å². The summed E-state index contributed by atoms with van der Waals surface area (Å²) in [6.07, 6.45) is 0. The van der Waals surface area contributed by atoms with Gasteiger partial charge < -0.3 is 10.1 Å². The van der Waals surface area contributed by atoms with Crippen LogP contribution in [0.5, 0.6) is 5.75 Å². The molecule has 0 bridgehead atoms. The van der Waals surface area contributed by atoms with E-state index in [1.54, 1.807) is 30.2 Å². The van der Waals surface area contributed by atoms with Crippen molar-refractivity contribution in [1.29, 1.82) is 0 Å². The molecule has 0 saturated carbocycles. The molecule has 0 radical (unpaired) electrons. The number of carbonyl (C=O) groups is 1. The van der Waals surface area contributed by atoms with Gasteiger partial charge in [0.2, 0.25) is 0 Å². The van der Waals surface area contributed by atoms with Gasteiger partial charge in [-0.25, -0.2) is 10.6 Å². The first-order chi connectivity index (χ1) is 10.1. The van der Waals surface area contributed by atoms with Crippen LogP contribution in [0.4, 0.5) is 10.5 Å². The van der Waals surface area contributed by atoms with Crippen LogP contribution in [0, 0.1) is 6.92 Å². The van der Waals surface area contributed by atoms with Crippen molar-refractivity contribution in [2.45, 2.75) is 17.6 Å². The molecule has 0 aliphatic rings. The molecular formula is C14H17N3O2S2. The Morgan fingerprint density at radius 3 is 2.81 bits per heavy atom. The van der Waals surface area contributed by atoms with Crippen LogP contribution in [0.25, 0.3) is 0 Å². The van der Waals surface area contributed by atoms with Crippen LogP contribution in [0.1, 0.15) is 9.75 Å². The highest BCUT2D eigenvalue weighted by atomic mass is 32.2. The second-order valence-electron chi connectivity index (χ2n) is 4.24. The quantitative estimate of drug-likeness (QED) is 0.341. The third-order valence-electron chi connectivity index (χ3n) is 2.73. The maximum atomic E-state index is 11.4. The maximum absolute atomic E-state index is 11.4. The fourth-order valence-electron chi connectivity index (χ4n) is 1.79. The summed E-state index contributed by atoms with van der Waals surface area (Å²) in [5.74, 6) is 6.65. The minimum atomic E-state index is -0.461. The maximum Gasteiger partial charge on any atom is 0.333 e. The fourth-order valence-corrected chi connectivity index (χ4v) is 3.84. The number of thioether (sulfide) groups is 1. The molecule has 2 aromatic rings. The molecule has 2 rings (SSSR count). The molecule has 0 atom stereocenters. The third-order valence-corrected chi connectivity index (χ3v) is 5.08. The van der Waals surface area contributed by atoms with Crippen molar-refractivity contribution < 1.29 is 9.53 Å². The van der Waals surface area contributed by atoms with Gasteiger partial charge in [-0.1, -0.05) is 6.07 Å². The molecule has 0 fully saturated rings. The first-order valence-corrected chi connectivity index (χ1v) is 8.07. The van der Waals surface area contributed by atoms with Gasteiger partial charge in [-0.15, -0.1) is 23.1 Å². The number of rotatable bonds is 5. The Morgan fingerprint density at radius 1 is 1.38 bits per heavy atom. The summed E-state index contributed by atoms with van der Waals surface area (Å²) in [6, 6.07) is 9.26. The number of carbonyl (C=O) groups excluding carboxylic acids is 1. The number of ether oxygens (including phenoxy) is 1. The zero-order valence-corrected chi connectivity index (χ0v) is 13.4. The average Bonchev–Trinajstić information content (AvgIpc) is 2.91. The number of hydrogen-bond acceptors (Lipinski definition) is 5. The summed E-state index contributed by atoms with van der Waals surface area (Å²) in [7, 11) is 1.61. The predicted octanol–water partition coefficient (Wildman–Crippen LogP) is 3.35. The van der Waals surface area contributed by atoms with Crippen molar-refractivity contribution in [2.24, 2.45) is 5.84 Å². The Labute approximate surface area is 131 Å². The molecule has 5 nitrogen and oxygen atoms in total. The highest BCUT2D eigenvalue weighted by Gasteiger charge is 2.12. The van der Waals surface area contributed by atoms with Crippen LogP contribution in [0.3, 0.4) is 0 Å². The van der Waals surface area contributed by atoms with Crippen molar-refractivity contribution in [3.8, 4) is 5.75 Å². The molecular weight excluding hydrogens is 306 g/mol. The number of methoxy groups -OCH3 is 1. The predicted molar refractivity (Wildman–Crippen MR) is 88.0 cm³/mol. The van der Waals surface area contributed by atoms with Gasteiger partial charge in [0.25, 0.3) is 0 Å². The second-order valence-corrected chi connectivity index (χ2v) is 6.59. The van der Waals surface area contributed by atoms with E-state index in [0.29, 0.717) is 5.69 Å². The molecule has 1 aromatic carbocycles. The van der Waals surface area contributed by atoms with Crippen LogP contribution >= 0.6 is 23.1 Å².